The average molecular weight is 615 g/mol. The lowest BCUT2D eigenvalue weighted by molar-refractivity contribution is -0.118. The summed E-state index contributed by atoms with van der Waals surface area (Å²) in [5, 5.41) is 16.2. The highest BCUT2D eigenvalue weighted by molar-refractivity contribution is 6.35. The number of amides is 1. The molecule has 10 nitrogen and oxygen atoms in total. The van der Waals surface area contributed by atoms with Gasteiger partial charge in [-0.05, 0) is 62.9 Å². The van der Waals surface area contributed by atoms with E-state index in [1.165, 1.54) is 14.2 Å². The molecular formula is C33H35ClN6O4. The summed E-state index contributed by atoms with van der Waals surface area (Å²) in [6, 6.07) is 14.7. The molecule has 0 spiro atoms. The van der Waals surface area contributed by atoms with E-state index in [1.54, 1.807) is 42.1 Å². The summed E-state index contributed by atoms with van der Waals surface area (Å²) in [6.45, 7) is 5.97. The van der Waals surface area contributed by atoms with Crippen molar-refractivity contribution in [2.45, 2.75) is 45.7 Å². The molecule has 4 aromatic rings. The molecule has 228 valence electrons. The number of aromatic nitrogens is 3. The fourth-order valence-corrected chi connectivity index (χ4v) is 4.95. The van der Waals surface area contributed by atoms with Crippen LogP contribution in [0.5, 0.6) is 11.5 Å². The Bertz CT molecular complexity index is 1820. The Balaban J connectivity index is 1.63. The smallest absolute Gasteiger partial charge is 0.262 e. The molecule has 0 fully saturated rings. The molecule has 2 aromatic heterocycles. The second kappa shape index (κ2) is 13.6. The zero-order valence-corrected chi connectivity index (χ0v) is 26.4. The molecule has 0 aliphatic rings. The Morgan fingerprint density at radius 2 is 1.84 bits per heavy atom. The molecule has 11 heteroatoms. The van der Waals surface area contributed by atoms with Crippen LogP contribution in [-0.2, 0) is 17.8 Å². The summed E-state index contributed by atoms with van der Waals surface area (Å²) in [5.74, 6) is 0.881. The molecule has 0 saturated heterocycles. The lowest BCUT2D eigenvalue weighted by atomic mass is 10.0. The fourth-order valence-electron chi connectivity index (χ4n) is 4.66. The van der Waals surface area contributed by atoms with Crippen LogP contribution in [0.25, 0.3) is 28.2 Å². The van der Waals surface area contributed by atoms with Gasteiger partial charge in [-0.15, -0.1) is 0 Å². The number of nitrogens with zero attached hydrogens (tertiary/aromatic N) is 4. The number of methoxy groups -OCH3 is 2. The van der Waals surface area contributed by atoms with E-state index >= 15 is 0 Å². The van der Waals surface area contributed by atoms with Gasteiger partial charge in [0.15, 0.2) is 0 Å². The van der Waals surface area contributed by atoms with Crippen molar-refractivity contribution in [3.05, 3.63) is 80.7 Å². The van der Waals surface area contributed by atoms with Crippen LogP contribution < -0.4 is 25.7 Å². The highest BCUT2D eigenvalue weighted by Crippen LogP contribution is 2.38. The van der Waals surface area contributed by atoms with Gasteiger partial charge >= 0.3 is 0 Å². The maximum atomic E-state index is 14.0. The number of carbonyl (C=O) groups is 1. The van der Waals surface area contributed by atoms with Gasteiger partial charge in [-0.1, -0.05) is 35.9 Å². The van der Waals surface area contributed by atoms with Crippen LogP contribution in [0, 0.1) is 11.3 Å². The number of hydrogen-bond acceptors (Lipinski definition) is 8. The van der Waals surface area contributed by atoms with E-state index in [-0.39, 0.29) is 11.1 Å². The van der Waals surface area contributed by atoms with E-state index in [2.05, 4.69) is 20.6 Å². The van der Waals surface area contributed by atoms with Crippen molar-refractivity contribution in [2.75, 3.05) is 26.6 Å². The van der Waals surface area contributed by atoms with Crippen LogP contribution in [-0.4, -0.2) is 47.2 Å². The SMILES string of the molecule is CNc1ncc2cc(-c3cc(OC)cc(OC)c3Cl)c(=O)n(CCCc3ccc(C=C(C#N)C(=O)NC(C)(C)C)cc3)c2n1. The molecule has 0 bridgehead atoms. The highest BCUT2D eigenvalue weighted by Gasteiger charge is 2.20. The van der Waals surface area contributed by atoms with E-state index in [0.717, 1.165) is 11.1 Å². The number of rotatable bonds is 10. The van der Waals surface area contributed by atoms with E-state index in [0.29, 0.717) is 64.0 Å². The number of carbonyl (C=O) groups excluding carboxylic acids is 1. The molecule has 0 aliphatic carbocycles. The van der Waals surface area contributed by atoms with Crippen molar-refractivity contribution in [2.24, 2.45) is 0 Å². The van der Waals surface area contributed by atoms with Gasteiger partial charge in [-0.2, -0.15) is 10.2 Å². The second-order valence-electron chi connectivity index (χ2n) is 11.1. The van der Waals surface area contributed by atoms with Crippen LogP contribution in [0.15, 0.2) is 59.0 Å². The molecule has 0 radical (unpaired) electrons. The summed E-state index contributed by atoms with van der Waals surface area (Å²) >= 11 is 6.66. The van der Waals surface area contributed by atoms with Crippen LogP contribution in [0.4, 0.5) is 5.95 Å². The topological polar surface area (TPSA) is 131 Å². The second-order valence-corrected chi connectivity index (χ2v) is 11.5. The van der Waals surface area contributed by atoms with Gasteiger partial charge in [0.2, 0.25) is 5.95 Å². The third-order valence-corrected chi connectivity index (χ3v) is 7.19. The molecule has 0 atom stereocenters. The summed E-state index contributed by atoms with van der Waals surface area (Å²) < 4.78 is 12.5. The number of anilines is 1. The Kier molecular flexibility index (Phi) is 9.91. The Morgan fingerprint density at radius 3 is 2.45 bits per heavy atom. The first-order valence-electron chi connectivity index (χ1n) is 14.0. The Labute approximate surface area is 261 Å². The van der Waals surface area contributed by atoms with Crippen LogP contribution in [0.3, 0.4) is 0 Å². The lowest BCUT2D eigenvalue weighted by Gasteiger charge is -2.20. The van der Waals surface area contributed by atoms with Gasteiger partial charge in [0, 0.05) is 47.9 Å². The van der Waals surface area contributed by atoms with Crippen molar-refractivity contribution in [1.29, 1.82) is 5.26 Å². The Morgan fingerprint density at radius 1 is 1.11 bits per heavy atom. The van der Waals surface area contributed by atoms with E-state index in [9.17, 15) is 14.9 Å². The summed E-state index contributed by atoms with van der Waals surface area (Å²) in [5.41, 5.74) is 2.48. The molecule has 0 aliphatic heterocycles. The third kappa shape index (κ3) is 7.36. The first kappa shape index (κ1) is 32.0. The molecule has 2 heterocycles. The zero-order valence-electron chi connectivity index (χ0n) is 25.6. The van der Waals surface area contributed by atoms with Crippen molar-refractivity contribution < 1.29 is 14.3 Å². The molecule has 2 aromatic carbocycles. The minimum Gasteiger partial charge on any atom is -0.497 e. The molecule has 2 N–H and O–H groups in total. The molecule has 44 heavy (non-hydrogen) atoms. The summed E-state index contributed by atoms with van der Waals surface area (Å²) in [6.07, 6.45) is 4.55. The molecule has 0 unspecified atom stereocenters. The molecular weight excluding hydrogens is 580 g/mol. The van der Waals surface area contributed by atoms with Gasteiger partial charge in [0.25, 0.3) is 11.5 Å². The number of nitriles is 1. The van der Waals surface area contributed by atoms with Crippen LogP contribution in [0.1, 0.15) is 38.3 Å². The number of aryl methyl sites for hydroxylation is 2. The molecule has 1 amide bonds. The van der Waals surface area contributed by atoms with Gasteiger partial charge in [0.05, 0.1) is 19.2 Å². The van der Waals surface area contributed by atoms with Crippen LogP contribution in [0.2, 0.25) is 5.02 Å². The fraction of sp³-hybridized carbons (Fsp3) is 0.303. The minimum absolute atomic E-state index is 0.0375. The number of hydrogen-bond donors (Lipinski definition) is 2. The first-order chi connectivity index (χ1) is 21.0. The van der Waals surface area contributed by atoms with E-state index in [4.69, 9.17) is 21.1 Å². The number of nitrogens with one attached hydrogen (secondary N) is 2. The number of benzene rings is 2. The van der Waals surface area contributed by atoms with Crippen LogP contribution >= 0.6 is 11.6 Å². The van der Waals surface area contributed by atoms with Gasteiger partial charge < -0.3 is 20.1 Å². The number of pyridine rings is 1. The quantitative estimate of drug-likeness (QED) is 0.174. The van der Waals surface area contributed by atoms with E-state index < -0.39 is 11.4 Å². The van der Waals surface area contributed by atoms with Crippen molar-refractivity contribution >= 4 is 40.6 Å². The summed E-state index contributed by atoms with van der Waals surface area (Å²) in [4.78, 5) is 35.3. The van der Waals surface area contributed by atoms with Gasteiger partial charge in [0.1, 0.15) is 28.8 Å². The minimum atomic E-state index is -0.447. The predicted molar refractivity (Wildman–Crippen MR) is 173 cm³/mol. The number of ether oxygens (including phenoxy) is 2. The highest BCUT2D eigenvalue weighted by atomic mass is 35.5. The average Bonchev–Trinajstić information content (AvgIpc) is 3.00. The lowest BCUT2D eigenvalue weighted by Crippen LogP contribution is -2.41. The van der Waals surface area contributed by atoms with Crippen molar-refractivity contribution in [3.63, 3.8) is 0 Å². The predicted octanol–water partition coefficient (Wildman–Crippen LogP) is 5.63. The number of halogens is 1. The monoisotopic (exact) mass is 614 g/mol. The maximum absolute atomic E-state index is 14.0. The molecule has 0 saturated carbocycles. The zero-order chi connectivity index (χ0) is 32.0. The largest absolute Gasteiger partial charge is 0.497 e. The Hall–Kier alpha value is -4.88. The first-order valence-corrected chi connectivity index (χ1v) is 14.4. The molecule has 4 rings (SSSR count). The maximum Gasteiger partial charge on any atom is 0.262 e. The van der Waals surface area contributed by atoms with Crippen molar-refractivity contribution in [1.82, 2.24) is 19.9 Å². The third-order valence-electron chi connectivity index (χ3n) is 6.80. The number of fused-ring (bicyclic) bond motifs is 1. The normalized spacial score (nSPS) is 11.6. The standard InChI is InChI=1S/C33H35ClN6O4/c1-33(2,3)39-30(41)22(18-35)14-21-11-9-20(10-12-21)8-7-13-40-29-23(19-37-32(36-4)38-29)15-26(31(40)42)25-16-24(43-5)17-27(44-6)28(25)34/h9-12,14-17,19H,7-8,13H2,1-6H3,(H,39,41)(H,36,37,38). The van der Waals surface area contributed by atoms with Crippen molar-refractivity contribution in [3.8, 4) is 28.7 Å². The van der Waals surface area contributed by atoms with Gasteiger partial charge in [-0.25, -0.2) is 4.98 Å². The van der Waals surface area contributed by atoms with Gasteiger partial charge in [-0.3, -0.25) is 14.2 Å². The summed E-state index contributed by atoms with van der Waals surface area (Å²) in [7, 11) is 4.76. The van der Waals surface area contributed by atoms with E-state index in [1.807, 2.05) is 51.1 Å².